The summed E-state index contributed by atoms with van der Waals surface area (Å²) in [6, 6.07) is 8.80. The van der Waals surface area contributed by atoms with Gasteiger partial charge in [0.25, 0.3) is 0 Å². The van der Waals surface area contributed by atoms with Crippen LogP contribution in [0.15, 0.2) is 36.9 Å². The molecule has 5 atom stereocenters. The smallest absolute Gasteiger partial charge is 0.137 e. The molecule has 0 amide bonds. The molecule has 0 bridgehead atoms. The van der Waals surface area contributed by atoms with Crippen LogP contribution in [0.1, 0.15) is 63.3 Å². The molecule has 2 aliphatic heterocycles. The molecule has 2 unspecified atom stereocenters. The summed E-state index contributed by atoms with van der Waals surface area (Å²) in [7, 11) is 0. The predicted molar refractivity (Wildman–Crippen MR) is 94.3 cm³/mol. The topological polar surface area (TPSA) is 12.5 Å². The number of hydrogen-bond donors (Lipinski definition) is 0. The lowest BCUT2D eigenvalue weighted by molar-refractivity contribution is -0.241. The zero-order valence-electron chi connectivity index (χ0n) is 14.7. The summed E-state index contributed by atoms with van der Waals surface area (Å²) >= 11 is 0. The molecule has 2 heterocycles. The molecule has 3 aliphatic rings. The van der Waals surface area contributed by atoms with Crippen molar-refractivity contribution >= 4 is 0 Å². The van der Waals surface area contributed by atoms with E-state index in [4.69, 9.17) is 4.74 Å². The van der Waals surface area contributed by atoms with E-state index in [0.717, 1.165) is 12.5 Å². The highest BCUT2D eigenvalue weighted by Crippen LogP contribution is 2.52. The van der Waals surface area contributed by atoms with Crippen molar-refractivity contribution in [2.75, 3.05) is 6.54 Å². The quantitative estimate of drug-likeness (QED) is 0.685. The number of benzene rings is 1. The summed E-state index contributed by atoms with van der Waals surface area (Å²) in [5.41, 5.74) is 2.94. The Bertz CT molecular complexity index is 608. The van der Waals surface area contributed by atoms with E-state index in [1.165, 1.54) is 30.4 Å². The van der Waals surface area contributed by atoms with Crippen molar-refractivity contribution in [2.24, 2.45) is 11.8 Å². The minimum absolute atomic E-state index is 0.115. The molecule has 124 valence electrons. The summed E-state index contributed by atoms with van der Waals surface area (Å²) < 4.78 is 6.71. The second-order valence-corrected chi connectivity index (χ2v) is 8.33. The zero-order chi connectivity index (χ0) is 16.2. The maximum Gasteiger partial charge on any atom is 0.137 e. The van der Waals surface area contributed by atoms with E-state index in [1.54, 1.807) is 0 Å². The van der Waals surface area contributed by atoms with Gasteiger partial charge in [0.1, 0.15) is 6.23 Å². The van der Waals surface area contributed by atoms with Gasteiger partial charge in [-0.25, -0.2) is 0 Å². The average Bonchev–Trinajstić information content (AvgIpc) is 2.54. The van der Waals surface area contributed by atoms with Gasteiger partial charge in [-0.1, -0.05) is 43.7 Å². The third-order valence-electron chi connectivity index (χ3n) is 6.63. The molecule has 1 aliphatic carbocycles. The third kappa shape index (κ3) is 2.30. The largest absolute Gasteiger partial charge is 0.355 e. The van der Waals surface area contributed by atoms with Crippen molar-refractivity contribution in [1.29, 1.82) is 0 Å². The van der Waals surface area contributed by atoms with E-state index < -0.39 is 0 Å². The Kier molecular flexibility index (Phi) is 3.66. The van der Waals surface area contributed by atoms with Gasteiger partial charge in [0.15, 0.2) is 0 Å². The maximum atomic E-state index is 6.71. The molecule has 1 aromatic rings. The van der Waals surface area contributed by atoms with Crippen molar-refractivity contribution in [2.45, 2.75) is 63.8 Å². The van der Waals surface area contributed by atoms with Crippen molar-refractivity contribution < 1.29 is 4.74 Å². The monoisotopic (exact) mass is 311 g/mol. The van der Waals surface area contributed by atoms with Crippen LogP contribution in [0.2, 0.25) is 0 Å². The summed E-state index contributed by atoms with van der Waals surface area (Å²) in [6.07, 6.45) is 6.48. The molecular formula is C21H29NO. The molecule has 0 aromatic heterocycles. The average molecular weight is 311 g/mol. The van der Waals surface area contributed by atoms with E-state index in [0.29, 0.717) is 17.9 Å². The summed E-state index contributed by atoms with van der Waals surface area (Å²) in [4.78, 5) is 2.61. The lowest BCUT2D eigenvalue weighted by Crippen LogP contribution is -2.63. The minimum Gasteiger partial charge on any atom is -0.355 e. The molecular weight excluding hydrogens is 282 g/mol. The highest BCUT2D eigenvalue weighted by atomic mass is 16.5. The van der Waals surface area contributed by atoms with E-state index in [9.17, 15) is 0 Å². The number of fused-ring (bicyclic) bond motifs is 4. The van der Waals surface area contributed by atoms with Gasteiger partial charge >= 0.3 is 0 Å². The van der Waals surface area contributed by atoms with E-state index in [-0.39, 0.29) is 11.8 Å². The third-order valence-corrected chi connectivity index (χ3v) is 6.63. The number of rotatable bonds is 1. The zero-order valence-corrected chi connectivity index (χ0v) is 14.7. The van der Waals surface area contributed by atoms with Gasteiger partial charge in [0.05, 0.1) is 6.10 Å². The minimum atomic E-state index is 0.115. The second-order valence-electron chi connectivity index (χ2n) is 8.33. The molecule has 1 saturated heterocycles. The molecule has 0 spiro atoms. The first-order chi connectivity index (χ1) is 11.0. The van der Waals surface area contributed by atoms with Crippen LogP contribution >= 0.6 is 0 Å². The first-order valence-corrected chi connectivity index (χ1v) is 9.16. The number of nitrogens with zero attached hydrogens (tertiary/aromatic N) is 1. The van der Waals surface area contributed by atoms with E-state index in [2.05, 4.69) is 62.6 Å². The lowest BCUT2D eigenvalue weighted by atomic mass is 9.68. The first kappa shape index (κ1) is 15.4. The van der Waals surface area contributed by atoms with Crippen LogP contribution in [0, 0.1) is 11.8 Å². The van der Waals surface area contributed by atoms with Gasteiger partial charge in [-0.2, -0.15) is 0 Å². The van der Waals surface area contributed by atoms with E-state index in [1.807, 2.05) is 0 Å². The fourth-order valence-electron chi connectivity index (χ4n) is 5.20. The van der Waals surface area contributed by atoms with Crippen LogP contribution in [0.4, 0.5) is 0 Å². The first-order valence-electron chi connectivity index (χ1n) is 9.16. The van der Waals surface area contributed by atoms with Crippen molar-refractivity contribution in [3.63, 3.8) is 0 Å². The normalized spacial score (nSPS) is 39.0. The fourth-order valence-corrected chi connectivity index (χ4v) is 5.20. The SMILES string of the molecule is C=C[C@@H]1CN2[C@@H](OC3C[C@H](C)CCC3C2(C)C)c2ccccc21. The molecule has 4 rings (SSSR count). The number of hydrogen-bond acceptors (Lipinski definition) is 2. The van der Waals surface area contributed by atoms with E-state index >= 15 is 0 Å². The Balaban J connectivity index is 1.77. The van der Waals surface area contributed by atoms with Gasteiger partial charge in [0.2, 0.25) is 0 Å². The fraction of sp³-hybridized carbons (Fsp3) is 0.619. The Labute approximate surface area is 140 Å². The Morgan fingerprint density at radius 2 is 1.96 bits per heavy atom. The summed E-state index contributed by atoms with van der Waals surface area (Å²) in [5.74, 6) is 1.84. The summed E-state index contributed by atoms with van der Waals surface area (Å²) in [5, 5.41) is 0. The van der Waals surface area contributed by atoms with Gasteiger partial charge in [0, 0.05) is 23.9 Å². The molecule has 2 fully saturated rings. The molecule has 1 aromatic carbocycles. The predicted octanol–water partition coefficient (Wildman–Crippen LogP) is 4.88. The van der Waals surface area contributed by atoms with Crippen LogP contribution in [-0.4, -0.2) is 23.1 Å². The van der Waals surface area contributed by atoms with Crippen LogP contribution in [0.25, 0.3) is 0 Å². The van der Waals surface area contributed by atoms with Crippen molar-refractivity contribution in [3.8, 4) is 0 Å². The van der Waals surface area contributed by atoms with Gasteiger partial charge in [-0.3, -0.25) is 4.90 Å². The molecule has 1 saturated carbocycles. The highest BCUT2D eigenvalue weighted by molar-refractivity contribution is 5.38. The summed E-state index contributed by atoms with van der Waals surface area (Å²) in [6.45, 7) is 12.4. The lowest BCUT2D eigenvalue weighted by Gasteiger charge is -2.59. The standard InChI is InChI=1S/C21H29NO/c1-5-15-13-22-20(17-9-7-6-8-16(15)17)23-19-12-14(2)10-11-18(19)21(22,3)4/h5-9,14-15,18-20H,1,10-13H2,2-4H3/t14-,15-,18?,19?,20+/m1/s1. The van der Waals surface area contributed by atoms with Crippen LogP contribution in [0.5, 0.6) is 0 Å². The Morgan fingerprint density at radius 3 is 2.70 bits per heavy atom. The van der Waals surface area contributed by atoms with Gasteiger partial charge in [-0.15, -0.1) is 6.58 Å². The second kappa shape index (κ2) is 5.46. The van der Waals surface area contributed by atoms with Crippen molar-refractivity contribution in [3.05, 3.63) is 48.0 Å². The van der Waals surface area contributed by atoms with Gasteiger partial charge < -0.3 is 4.74 Å². The van der Waals surface area contributed by atoms with Crippen LogP contribution in [0.3, 0.4) is 0 Å². The van der Waals surface area contributed by atoms with Crippen LogP contribution in [-0.2, 0) is 4.74 Å². The molecule has 2 nitrogen and oxygen atoms in total. The van der Waals surface area contributed by atoms with Crippen molar-refractivity contribution in [1.82, 2.24) is 4.90 Å². The Hall–Kier alpha value is -1.12. The Morgan fingerprint density at radius 1 is 1.22 bits per heavy atom. The molecule has 0 radical (unpaired) electrons. The number of ether oxygens (including phenoxy) is 1. The molecule has 2 heteroatoms. The van der Waals surface area contributed by atoms with Crippen LogP contribution < -0.4 is 0 Å². The maximum absolute atomic E-state index is 6.71. The highest BCUT2D eigenvalue weighted by Gasteiger charge is 2.52. The molecule has 23 heavy (non-hydrogen) atoms. The van der Waals surface area contributed by atoms with Gasteiger partial charge in [-0.05, 0) is 43.7 Å². The molecule has 0 N–H and O–H groups in total.